The normalized spacial score (nSPS) is 11.0. The van der Waals surface area contributed by atoms with Gasteiger partial charge >= 0.3 is 0 Å². The van der Waals surface area contributed by atoms with Crippen molar-refractivity contribution in [3.63, 3.8) is 0 Å². The number of carbonyl (C=O) groups excluding carboxylic acids is 1. The highest BCUT2D eigenvalue weighted by Crippen LogP contribution is 2.32. The van der Waals surface area contributed by atoms with Gasteiger partial charge in [0.1, 0.15) is 5.75 Å². The van der Waals surface area contributed by atoms with Crippen LogP contribution in [0.3, 0.4) is 0 Å². The standard InChI is InChI=1S/C16H10BrClN4O2S2/c1-24-11-3-2-8(6-9(11)17)10-7-26-15(19-10)21-14(23)12-13(18)20-16-22(12)4-5-25-16/h2-7H,1H3,(H,19,21,23). The third kappa shape index (κ3) is 3.11. The summed E-state index contributed by atoms with van der Waals surface area (Å²) in [7, 11) is 1.61. The van der Waals surface area contributed by atoms with Crippen molar-refractivity contribution in [3.8, 4) is 17.0 Å². The van der Waals surface area contributed by atoms with Gasteiger partial charge in [0.15, 0.2) is 20.9 Å². The number of fused-ring (bicyclic) bond motifs is 1. The smallest absolute Gasteiger partial charge is 0.277 e. The number of rotatable bonds is 4. The third-order valence-corrected chi connectivity index (χ3v) is 6.00. The number of amides is 1. The van der Waals surface area contributed by atoms with Crippen molar-refractivity contribution >= 4 is 66.2 Å². The van der Waals surface area contributed by atoms with Crippen LogP contribution in [0.25, 0.3) is 16.2 Å². The molecule has 1 N–H and O–H groups in total. The molecule has 0 saturated carbocycles. The van der Waals surface area contributed by atoms with Crippen LogP contribution in [0.1, 0.15) is 10.5 Å². The topological polar surface area (TPSA) is 68.5 Å². The molecule has 0 aliphatic carbocycles. The average Bonchev–Trinajstić information content (AvgIpc) is 3.30. The number of anilines is 1. The molecular formula is C16H10BrClN4O2S2. The molecule has 3 aromatic heterocycles. The van der Waals surface area contributed by atoms with Crippen LogP contribution in [0.4, 0.5) is 5.13 Å². The van der Waals surface area contributed by atoms with Gasteiger partial charge in [-0.1, -0.05) is 11.6 Å². The SMILES string of the molecule is COc1ccc(-c2csc(NC(=O)c3c(Cl)nc4sccn34)n2)cc1Br. The predicted molar refractivity (Wildman–Crippen MR) is 108 cm³/mol. The van der Waals surface area contributed by atoms with Crippen LogP contribution in [-0.4, -0.2) is 27.4 Å². The van der Waals surface area contributed by atoms with Crippen molar-refractivity contribution in [1.29, 1.82) is 0 Å². The molecule has 0 unspecified atom stereocenters. The molecule has 0 spiro atoms. The quantitative estimate of drug-likeness (QED) is 0.446. The molecule has 3 heterocycles. The van der Waals surface area contributed by atoms with Gasteiger partial charge in [-0.15, -0.1) is 22.7 Å². The molecule has 10 heteroatoms. The fourth-order valence-electron chi connectivity index (χ4n) is 2.41. The van der Waals surface area contributed by atoms with Crippen LogP contribution in [-0.2, 0) is 0 Å². The second-order valence-electron chi connectivity index (χ2n) is 5.15. The lowest BCUT2D eigenvalue weighted by Crippen LogP contribution is -2.14. The Morgan fingerprint density at radius 1 is 1.35 bits per heavy atom. The molecule has 1 aromatic carbocycles. The summed E-state index contributed by atoms with van der Waals surface area (Å²) in [5.41, 5.74) is 1.97. The lowest BCUT2D eigenvalue weighted by Gasteiger charge is -2.04. The van der Waals surface area contributed by atoms with E-state index in [1.54, 1.807) is 17.7 Å². The van der Waals surface area contributed by atoms with E-state index < -0.39 is 0 Å². The maximum absolute atomic E-state index is 12.6. The zero-order valence-corrected chi connectivity index (χ0v) is 17.2. The molecule has 132 valence electrons. The van der Waals surface area contributed by atoms with Gasteiger partial charge in [0, 0.05) is 22.5 Å². The molecule has 0 radical (unpaired) electrons. The lowest BCUT2D eigenvalue weighted by molar-refractivity contribution is 0.102. The van der Waals surface area contributed by atoms with E-state index in [-0.39, 0.29) is 11.1 Å². The summed E-state index contributed by atoms with van der Waals surface area (Å²) in [5.74, 6) is 0.394. The molecule has 0 aliphatic rings. The van der Waals surface area contributed by atoms with E-state index in [1.165, 1.54) is 22.7 Å². The van der Waals surface area contributed by atoms with E-state index in [2.05, 4.69) is 31.2 Å². The fraction of sp³-hybridized carbons (Fsp3) is 0.0625. The van der Waals surface area contributed by atoms with Gasteiger partial charge in [0.25, 0.3) is 5.91 Å². The van der Waals surface area contributed by atoms with Crippen LogP contribution in [0.15, 0.2) is 39.6 Å². The number of hydrogen-bond acceptors (Lipinski definition) is 6. The number of thiazole rings is 2. The van der Waals surface area contributed by atoms with Crippen molar-refractivity contribution < 1.29 is 9.53 Å². The minimum absolute atomic E-state index is 0.171. The maximum atomic E-state index is 12.6. The maximum Gasteiger partial charge on any atom is 0.277 e. The van der Waals surface area contributed by atoms with E-state index in [0.29, 0.717) is 15.8 Å². The molecule has 0 atom stereocenters. The molecule has 0 saturated heterocycles. The summed E-state index contributed by atoms with van der Waals surface area (Å²) >= 11 is 12.3. The molecule has 0 aliphatic heterocycles. The first-order valence-corrected chi connectivity index (χ1v) is 10.2. The Kier molecular flexibility index (Phi) is 4.70. The highest BCUT2D eigenvalue weighted by molar-refractivity contribution is 9.10. The Hall–Kier alpha value is -1.94. The van der Waals surface area contributed by atoms with Gasteiger partial charge in [-0.05, 0) is 34.1 Å². The summed E-state index contributed by atoms with van der Waals surface area (Å²) in [6, 6.07) is 5.69. The van der Waals surface area contributed by atoms with E-state index in [1.807, 2.05) is 29.0 Å². The number of carbonyl (C=O) groups is 1. The van der Waals surface area contributed by atoms with Crippen LogP contribution in [0.2, 0.25) is 5.15 Å². The number of halogens is 2. The molecule has 0 fully saturated rings. The highest BCUT2D eigenvalue weighted by atomic mass is 79.9. The van der Waals surface area contributed by atoms with Gasteiger partial charge < -0.3 is 4.74 Å². The van der Waals surface area contributed by atoms with Gasteiger partial charge in [0.2, 0.25) is 0 Å². The van der Waals surface area contributed by atoms with Crippen LogP contribution in [0, 0.1) is 0 Å². The molecule has 0 bridgehead atoms. The Balaban J connectivity index is 1.59. The van der Waals surface area contributed by atoms with E-state index in [9.17, 15) is 4.79 Å². The molecule has 26 heavy (non-hydrogen) atoms. The number of hydrogen-bond donors (Lipinski definition) is 1. The number of nitrogens with one attached hydrogen (secondary N) is 1. The molecular weight excluding hydrogens is 460 g/mol. The largest absolute Gasteiger partial charge is 0.496 e. The number of ether oxygens (including phenoxy) is 1. The van der Waals surface area contributed by atoms with Gasteiger partial charge in [-0.25, -0.2) is 9.97 Å². The summed E-state index contributed by atoms with van der Waals surface area (Å²) < 4.78 is 7.73. The lowest BCUT2D eigenvalue weighted by atomic mass is 10.2. The minimum atomic E-state index is -0.349. The van der Waals surface area contributed by atoms with Crippen molar-refractivity contribution in [2.75, 3.05) is 12.4 Å². The van der Waals surface area contributed by atoms with Crippen molar-refractivity contribution in [1.82, 2.24) is 14.4 Å². The molecule has 4 aromatic rings. The second-order valence-corrected chi connectivity index (χ2v) is 8.09. The Morgan fingerprint density at radius 2 is 2.19 bits per heavy atom. The zero-order chi connectivity index (χ0) is 18.3. The Morgan fingerprint density at radius 3 is 2.96 bits per heavy atom. The van der Waals surface area contributed by atoms with E-state index in [4.69, 9.17) is 16.3 Å². The number of aromatic nitrogens is 3. The Bertz CT molecular complexity index is 1120. The summed E-state index contributed by atoms with van der Waals surface area (Å²) in [4.78, 5) is 21.9. The number of nitrogens with zero attached hydrogens (tertiary/aromatic N) is 3. The summed E-state index contributed by atoms with van der Waals surface area (Å²) in [5, 5.41) is 7.16. The first-order chi connectivity index (χ1) is 12.6. The third-order valence-electron chi connectivity index (χ3n) is 3.61. The Labute approximate surface area is 169 Å². The summed E-state index contributed by atoms with van der Waals surface area (Å²) in [6.07, 6.45) is 1.76. The van der Waals surface area contributed by atoms with Crippen molar-refractivity contribution in [3.05, 3.63) is 50.5 Å². The van der Waals surface area contributed by atoms with Gasteiger partial charge in [0.05, 0.1) is 17.3 Å². The molecule has 4 rings (SSSR count). The van der Waals surface area contributed by atoms with Crippen LogP contribution in [0.5, 0.6) is 5.75 Å². The van der Waals surface area contributed by atoms with Gasteiger partial charge in [-0.3, -0.25) is 14.5 Å². The monoisotopic (exact) mass is 468 g/mol. The fourth-order valence-corrected chi connectivity index (χ4v) is 4.68. The average molecular weight is 470 g/mol. The molecule has 6 nitrogen and oxygen atoms in total. The van der Waals surface area contributed by atoms with E-state index >= 15 is 0 Å². The zero-order valence-electron chi connectivity index (χ0n) is 13.2. The van der Waals surface area contributed by atoms with E-state index in [0.717, 1.165) is 21.5 Å². The van der Waals surface area contributed by atoms with Crippen molar-refractivity contribution in [2.45, 2.75) is 0 Å². The predicted octanol–water partition coefficient (Wildman–Crippen LogP) is 5.20. The first kappa shape index (κ1) is 17.5. The second kappa shape index (κ2) is 6.99. The minimum Gasteiger partial charge on any atom is -0.496 e. The number of methoxy groups -OCH3 is 1. The number of imidazole rings is 1. The first-order valence-electron chi connectivity index (χ1n) is 7.28. The van der Waals surface area contributed by atoms with Crippen LogP contribution < -0.4 is 10.1 Å². The summed E-state index contributed by atoms with van der Waals surface area (Å²) in [6.45, 7) is 0. The van der Waals surface area contributed by atoms with Crippen LogP contribution >= 0.6 is 50.2 Å². The van der Waals surface area contributed by atoms with Crippen molar-refractivity contribution in [2.24, 2.45) is 0 Å². The highest BCUT2D eigenvalue weighted by Gasteiger charge is 2.20. The molecule has 1 amide bonds. The van der Waals surface area contributed by atoms with Gasteiger partial charge in [-0.2, -0.15) is 0 Å². The number of benzene rings is 1.